The van der Waals surface area contributed by atoms with Crippen molar-refractivity contribution >= 4 is 22.4 Å². The molecule has 1 amide bonds. The number of carbonyl (C=O) groups is 1. The molecule has 5 nitrogen and oxygen atoms in total. The van der Waals surface area contributed by atoms with Gasteiger partial charge in [0.25, 0.3) is 5.91 Å². The number of nitrogens with one attached hydrogen (secondary N) is 1. The molecule has 0 radical (unpaired) electrons. The summed E-state index contributed by atoms with van der Waals surface area (Å²) in [7, 11) is 0. The maximum Gasteiger partial charge on any atom is 0.295 e. The molecule has 150 valence electrons. The van der Waals surface area contributed by atoms with Gasteiger partial charge in [0.05, 0.1) is 5.69 Å². The van der Waals surface area contributed by atoms with Gasteiger partial charge in [0.15, 0.2) is 5.82 Å². The lowest BCUT2D eigenvalue weighted by atomic mass is 10.1. The minimum absolute atomic E-state index is 0.119. The van der Waals surface area contributed by atoms with E-state index in [0.717, 1.165) is 33.3 Å². The molecule has 5 aromatic rings. The van der Waals surface area contributed by atoms with E-state index in [2.05, 4.69) is 15.4 Å². The summed E-state index contributed by atoms with van der Waals surface area (Å²) in [5.74, 6) is 0.391. The van der Waals surface area contributed by atoms with Crippen molar-refractivity contribution in [2.45, 2.75) is 6.92 Å². The van der Waals surface area contributed by atoms with E-state index in [4.69, 9.17) is 0 Å². The fraction of sp³-hybridized carbons (Fsp3) is 0.0385. The smallest absolute Gasteiger partial charge is 0.295 e. The third-order valence-electron chi connectivity index (χ3n) is 5.13. The van der Waals surface area contributed by atoms with Crippen molar-refractivity contribution in [2.24, 2.45) is 0 Å². The van der Waals surface area contributed by atoms with Gasteiger partial charge in [0, 0.05) is 16.6 Å². The fourth-order valence-electron chi connectivity index (χ4n) is 3.63. The van der Waals surface area contributed by atoms with Gasteiger partial charge < -0.3 is 5.32 Å². The highest BCUT2D eigenvalue weighted by Crippen LogP contribution is 2.25. The number of nitrogens with zero attached hydrogens (tertiary/aromatic N) is 3. The molecule has 0 saturated heterocycles. The molecule has 0 atom stereocenters. The second-order valence-electron chi connectivity index (χ2n) is 7.36. The van der Waals surface area contributed by atoms with Crippen LogP contribution in [0.1, 0.15) is 16.2 Å². The molecule has 5 rings (SSSR count). The maximum atomic E-state index is 13.1. The van der Waals surface area contributed by atoms with Crippen LogP contribution >= 0.6 is 0 Å². The largest absolute Gasteiger partial charge is 0.319 e. The zero-order valence-electron chi connectivity index (χ0n) is 17.0. The Morgan fingerprint density at radius 2 is 1.58 bits per heavy atom. The summed E-state index contributed by atoms with van der Waals surface area (Å²) in [5.41, 5.74) is 3.58. The predicted octanol–water partition coefficient (Wildman–Crippen LogP) is 5.65. The van der Waals surface area contributed by atoms with Crippen molar-refractivity contribution in [2.75, 3.05) is 5.32 Å². The molecule has 0 saturated carbocycles. The number of anilines is 1. The van der Waals surface area contributed by atoms with Crippen LogP contribution in [-0.4, -0.2) is 20.7 Å². The van der Waals surface area contributed by atoms with Gasteiger partial charge in [-0.1, -0.05) is 78.9 Å². The highest BCUT2D eigenvalue weighted by atomic mass is 16.2. The molecular formula is C26H20N4O. The molecule has 0 spiro atoms. The third kappa shape index (κ3) is 3.69. The van der Waals surface area contributed by atoms with Crippen molar-refractivity contribution in [3.63, 3.8) is 0 Å². The standard InChI is InChI=1S/C26H20N4O/c1-18-9-7-14-21(17-18)30-25(20-11-3-2-4-12-20)28-24(29-30)26(31)27-23-16-8-13-19-10-5-6-15-22(19)23/h2-17H,1H3,(H,27,31). The average Bonchev–Trinajstić information content (AvgIpc) is 3.26. The number of carbonyl (C=O) groups excluding carboxylic acids is 1. The molecule has 4 aromatic carbocycles. The van der Waals surface area contributed by atoms with Gasteiger partial charge in [-0.05, 0) is 36.1 Å². The number of amides is 1. The average molecular weight is 404 g/mol. The predicted molar refractivity (Wildman–Crippen MR) is 123 cm³/mol. The van der Waals surface area contributed by atoms with Crippen LogP contribution < -0.4 is 5.32 Å². The summed E-state index contributed by atoms with van der Waals surface area (Å²) in [5, 5.41) is 9.58. The SMILES string of the molecule is Cc1cccc(-n2nc(C(=O)Nc3cccc4ccccc34)nc2-c2ccccc2)c1. The fourth-order valence-corrected chi connectivity index (χ4v) is 3.63. The molecular weight excluding hydrogens is 384 g/mol. The number of aryl methyl sites for hydroxylation is 1. The molecule has 0 aliphatic carbocycles. The Morgan fingerprint density at radius 1 is 0.839 bits per heavy atom. The van der Waals surface area contributed by atoms with Crippen molar-refractivity contribution in [3.8, 4) is 17.1 Å². The highest BCUT2D eigenvalue weighted by Gasteiger charge is 2.19. The molecule has 0 aliphatic rings. The van der Waals surface area contributed by atoms with Gasteiger partial charge in [-0.15, -0.1) is 5.10 Å². The molecule has 1 aromatic heterocycles. The summed E-state index contributed by atoms with van der Waals surface area (Å²) in [6, 6.07) is 31.5. The lowest BCUT2D eigenvalue weighted by molar-refractivity contribution is 0.101. The van der Waals surface area contributed by atoms with E-state index < -0.39 is 0 Å². The van der Waals surface area contributed by atoms with Crippen LogP contribution in [0.3, 0.4) is 0 Å². The van der Waals surface area contributed by atoms with Crippen LogP contribution in [0.2, 0.25) is 0 Å². The molecule has 0 bridgehead atoms. The van der Waals surface area contributed by atoms with Gasteiger partial charge >= 0.3 is 0 Å². The minimum atomic E-state index is -0.347. The zero-order valence-corrected chi connectivity index (χ0v) is 17.0. The lowest BCUT2D eigenvalue weighted by Crippen LogP contribution is -2.14. The quantitative estimate of drug-likeness (QED) is 0.421. The molecule has 0 unspecified atom stereocenters. The molecule has 1 N–H and O–H groups in total. The Bertz CT molecular complexity index is 1380. The number of rotatable bonds is 4. The Hall–Kier alpha value is -4.25. The number of aromatic nitrogens is 3. The molecule has 31 heavy (non-hydrogen) atoms. The minimum Gasteiger partial charge on any atom is -0.319 e. The first-order valence-electron chi connectivity index (χ1n) is 10.1. The second-order valence-corrected chi connectivity index (χ2v) is 7.36. The van der Waals surface area contributed by atoms with Crippen LogP contribution in [0.5, 0.6) is 0 Å². The zero-order chi connectivity index (χ0) is 21.2. The monoisotopic (exact) mass is 404 g/mol. The summed E-state index contributed by atoms with van der Waals surface area (Å²) in [6.45, 7) is 2.02. The molecule has 0 fully saturated rings. The first-order valence-corrected chi connectivity index (χ1v) is 10.1. The Labute approximate surface area is 180 Å². The summed E-state index contributed by atoms with van der Waals surface area (Å²) < 4.78 is 1.72. The normalized spacial score (nSPS) is 10.9. The van der Waals surface area contributed by atoms with Gasteiger partial charge in [0.2, 0.25) is 5.82 Å². The van der Waals surface area contributed by atoms with Gasteiger partial charge in [-0.25, -0.2) is 9.67 Å². The number of fused-ring (bicyclic) bond motifs is 1. The van der Waals surface area contributed by atoms with Crippen LogP contribution in [0.4, 0.5) is 5.69 Å². The number of benzene rings is 4. The van der Waals surface area contributed by atoms with E-state index in [-0.39, 0.29) is 11.7 Å². The first-order chi connectivity index (χ1) is 15.2. The Balaban J connectivity index is 1.57. The Morgan fingerprint density at radius 3 is 2.42 bits per heavy atom. The van der Waals surface area contributed by atoms with Gasteiger partial charge in [0.1, 0.15) is 0 Å². The van der Waals surface area contributed by atoms with Crippen molar-refractivity contribution in [3.05, 3.63) is 108 Å². The third-order valence-corrected chi connectivity index (χ3v) is 5.13. The van der Waals surface area contributed by atoms with E-state index in [9.17, 15) is 4.79 Å². The maximum absolute atomic E-state index is 13.1. The van der Waals surface area contributed by atoms with Crippen LogP contribution in [0.25, 0.3) is 27.8 Å². The summed E-state index contributed by atoms with van der Waals surface area (Å²) in [4.78, 5) is 17.7. The van der Waals surface area contributed by atoms with E-state index in [1.165, 1.54) is 0 Å². The van der Waals surface area contributed by atoms with Gasteiger partial charge in [-0.3, -0.25) is 4.79 Å². The second kappa shape index (κ2) is 7.88. The van der Waals surface area contributed by atoms with E-state index >= 15 is 0 Å². The number of hydrogen-bond acceptors (Lipinski definition) is 3. The van der Waals surface area contributed by atoms with Crippen molar-refractivity contribution in [1.29, 1.82) is 0 Å². The first kappa shape index (κ1) is 18.8. The number of hydrogen-bond donors (Lipinski definition) is 1. The van der Waals surface area contributed by atoms with Crippen LogP contribution in [-0.2, 0) is 0 Å². The van der Waals surface area contributed by atoms with Crippen LogP contribution in [0.15, 0.2) is 97.1 Å². The van der Waals surface area contributed by atoms with E-state index in [1.807, 2.05) is 104 Å². The van der Waals surface area contributed by atoms with E-state index in [1.54, 1.807) is 4.68 Å². The molecule has 5 heteroatoms. The summed E-state index contributed by atoms with van der Waals surface area (Å²) >= 11 is 0. The van der Waals surface area contributed by atoms with Gasteiger partial charge in [-0.2, -0.15) is 0 Å². The molecule has 0 aliphatic heterocycles. The lowest BCUT2D eigenvalue weighted by Gasteiger charge is -2.07. The Kier molecular flexibility index (Phi) is 4.77. The van der Waals surface area contributed by atoms with Crippen molar-refractivity contribution < 1.29 is 4.79 Å². The highest BCUT2D eigenvalue weighted by molar-refractivity contribution is 6.07. The molecule has 1 heterocycles. The van der Waals surface area contributed by atoms with Crippen LogP contribution in [0, 0.1) is 6.92 Å². The topological polar surface area (TPSA) is 59.8 Å². The summed E-state index contributed by atoms with van der Waals surface area (Å²) in [6.07, 6.45) is 0. The van der Waals surface area contributed by atoms with E-state index in [0.29, 0.717) is 5.82 Å². The van der Waals surface area contributed by atoms with Crippen molar-refractivity contribution in [1.82, 2.24) is 14.8 Å².